The van der Waals surface area contributed by atoms with E-state index in [1.54, 1.807) is 0 Å². The summed E-state index contributed by atoms with van der Waals surface area (Å²) < 4.78 is 5.22. The van der Waals surface area contributed by atoms with Gasteiger partial charge >= 0.3 is 6.09 Å². The highest BCUT2D eigenvalue weighted by Gasteiger charge is 2.28. The van der Waals surface area contributed by atoms with Crippen LogP contribution in [0.25, 0.3) is 0 Å². The number of aliphatic hydroxyl groups is 1. The fourth-order valence-corrected chi connectivity index (χ4v) is 2.23. The Kier molecular flexibility index (Phi) is 5.85. The van der Waals surface area contributed by atoms with Crippen molar-refractivity contribution in [1.82, 2.24) is 5.32 Å². The Balaban J connectivity index is 2.51. The van der Waals surface area contributed by atoms with E-state index in [0.29, 0.717) is 0 Å². The van der Waals surface area contributed by atoms with Crippen LogP contribution in [0.5, 0.6) is 0 Å². The van der Waals surface area contributed by atoms with E-state index in [-0.39, 0.29) is 6.04 Å². The molecule has 2 N–H and O–H groups in total. The van der Waals surface area contributed by atoms with Crippen LogP contribution in [0.3, 0.4) is 0 Å². The Hall–Kier alpha value is -1.03. The van der Waals surface area contributed by atoms with Crippen molar-refractivity contribution < 1.29 is 14.6 Å². The van der Waals surface area contributed by atoms with Crippen molar-refractivity contribution in [3.05, 3.63) is 11.6 Å². The largest absolute Gasteiger partial charge is 0.444 e. The van der Waals surface area contributed by atoms with E-state index < -0.39 is 17.8 Å². The Labute approximate surface area is 116 Å². The topological polar surface area (TPSA) is 58.6 Å². The molecule has 0 aliphatic heterocycles. The minimum absolute atomic E-state index is 0.230. The molecule has 0 radical (unpaired) electrons. The lowest BCUT2D eigenvalue weighted by atomic mass is 9.89. The van der Waals surface area contributed by atoms with Gasteiger partial charge in [-0.25, -0.2) is 4.79 Å². The summed E-state index contributed by atoms with van der Waals surface area (Å²) in [6.45, 7) is 7.62. The first-order valence-electron chi connectivity index (χ1n) is 7.20. The summed E-state index contributed by atoms with van der Waals surface area (Å²) in [5, 5.41) is 13.0. The number of hydrogen-bond acceptors (Lipinski definition) is 3. The monoisotopic (exact) mass is 269 g/mol. The molecule has 0 aromatic carbocycles. The maximum Gasteiger partial charge on any atom is 0.407 e. The molecule has 4 nitrogen and oxygen atoms in total. The minimum Gasteiger partial charge on any atom is -0.444 e. The Morgan fingerprint density at radius 1 is 1.53 bits per heavy atom. The van der Waals surface area contributed by atoms with Crippen molar-refractivity contribution in [3.63, 3.8) is 0 Å². The number of aliphatic hydroxyl groups excluding tert-OH is 1. The Bertz CT molecular complexity index is 331. The molecule has 1 aliphatic rings. The lowest BCUT2D eigenvalue weighted by Gasteiger charge is -2.30. The molecule has 0 spiro atoms. The lowest BCUT2D eigenvalue weighted by Crippen LogP contribution is -2.47. The summed E-state index contributed by atoms with van der Waals surface area (Å²) in [7, 11) is 0. The van der Waals surface area contributed by atoms with E-state index in [4.69, 9.17) is 4.74 Å². The van der Waals surface area contributed by atoms with Gasteiger partial charge in [-0.2, -0.15) is 0 Å². The van der Waals surface area contributed by atoms with Crippen LogP contribution in [0.2, 0.25) is 0 Å². The summed E-state index contributed by atoms with van der Waals surface area (Å²) in [6.07, 6.45) is 5.82. The quantitative estimate of drug-likeness (QED) is 0.771. The van der Waals surface area contributed by atoms with Gasteiger partial charge in [0.1, 0.15) is 5.60 Å². The first-order valence-corrected chi connectivity index (χ1v) is 7.20. The standard InChI is InChI=1S/C15H27NO3/c1-5-6-8-11-9-7-10-12(13(11)17)16-14(18)19-15(2,3)4/h9,12-13,17H,5-8,10H2,1-4H3,(H,16,18)/t12-,13+/m0/s1. The van der Waals surface area contributed by atoms with Crippen LogP contribution >= 0.6 is 0 Å². The molecule has 0 unspecified atom stereocenters. The summed E-state index contributed by atoms with van der Waals surface area (Å²) in [4.78, 5) is 11.7. The van der Waals surface area contributed by atoms with E-state index in [1.165, 1.54) is 0 Å². The molecule has 0 heterocycles. The molecule has 0 fully saturated rings. The number of allylic oxidation sites excluding steroid dienone is 1. The Morgan fingerprint density at radius 3 is 2.79 bits per heavy atom. The molecular weight excluding hydrogens is 242 g/mol. The molecule has 110 valence electrons. The Morgan fingerprint density at radius 2 is 2.21 bits per heavy atom. The normalized spacial score (nSPS) is 23.7. The molecular formula is C15H27NO3. The number of hydrogen-bond donors (Lipinski definition) is 2. The maximum absolute atomic E-state index is 11.7. The summed E-state index contributed by atoms with van der Waals surface area (Å²) >= 11 is 0. The van der Waals surface area contributed by atoms with Gasteiger partial charge in [0.2, 0.25) is 0 Å². The summed E-state index contributed by atoms with van der Waals surface area (Å²) in [5.74, 6) is 0. The number of amides is 1. The summed E-state index contributed by atoms with van der Waals surface area (Å²) in [6, 6.07) is -0.230. The van der Waals surface area contributed by atoms with E-state index in [0.717, 1.165) is 37.7 Å². The van der Waals surface area contributed by atoms with Gasteiger partial charge < -0.3 is 15.2 Å². The molecule has 0 saturated carbocycles. The second-order valence-electron chi connectivity index (χ2n) is 6.16. The van der Waals surface area contributed by atoms with Crippen LogP contribution in [-0.4, -0.2) is 28.9 Å². The number of ether oxygens (including phenoxy) is 1. The molecule has 0 bridgehead atoms. The van der Waals surface area contributed by atoms with E-state index in [9.17, 15) is 9.90 Å². The third kappa shape index (κ3) is 5.64. The van der Waals surface area contributed by atoms with Crippen LogP contribution in [0.4, 0.5) is 4.79 Å². The second-order valence-corrected chi connectivity index (χ2v) is 6.16. The zero-order chi connectivity index (χ0) is 14.5. The highest BCUT2D eigenvalue weighted by Crippen LogP contribution is 2.23. The minimum atomic E-state index is -0.576. The van der Waals surface area contributed by atoms with Crippen molar-refractivity contribution in [2.75, 3.05) is 0 Å². The van der Waals surface area contributed by atoms with Gasteiger partial charge in [0, 0.05) is 0 Å². The van der Waals surface area contributed by atoms with Crippen molar-refractivity contribution in [2.24, 2.45) is 0 Å². The molecule has 19 heavy (non-hydrogen) atoms. The van der Waals surface area contributed by atoms with Gasteiger partial charge in [-0.15, -0.1) is 0 Å². The van der Waals surface area contributed by atoms with E-state index >= 15 is 0 Å². The van der Waals surface area contributed by atoms with Gasteiger partial charge in [0.25, 0.3) is 0 Å². The maximum atomic E-state index is 11.7. The lowest BCUT2D eigenvalue weighted by molar-refractivity contribution is 0.0435. The number of alkyl carbamates (subject to hydrolysis) is 1. The van der Waals surface area contributed by atoms with E-state index in [1.807, 2.05) is 20.8 Å². The first-order chi connectivity index (χ1) is 8.83. The second kappa shape index (κ2) is 6.94. The number of carbonyl (C=O) groups is 1. The van der Waals surface area contributed by atoms with Gasteiger partial charge in [-0.3, -0.25) is 0 Å². The highest BCUT2D eigenvalue weighted by molar-refractivity contribution is 5.68. The third-order valence-corrected chi connectivity index (χ3v) is 3.17. The smallest absolute Gasteiger partial charge is 0.407 e. The van der Waals surface area contributed by atoms with Crippen LogP contribution in [0, 0.1) is 0 Å². The zero-order valence-electron chi connectivity index (χ0n) is 12.5. The molecule has 1 rings (SSSR count). The number of rotatable bonds is 4. The van der Waals surface area contributed by atoms with Crippen LogP contribution in [-0.2, 0) is 4.74 Å². The fraction of sp³-hybridized carbons (Fsp3) is 0.800. The van der Waals surface area contributed by atoms with Crippen LogP contribution in [0.1, 0.15) is 59.8 Å². The predicted molar refractivity (Wildman–Crippen MR) is 76.0 cm³/mol. The SMILES string of the molecule is CCCCC1=CCC[C@H](NC(=O)OC(C)(C)C)[C@@H]1O. The van der Waals surface area contributed by atoms with Gasteiger partial charge in [-0.1, -0.05) is 19.4 Å². The molecule has 0 aromatic rings. The van der Waals surface area contributed by atoms with E-state index in [2.05, 4.69) is 18.3 Å². The van der Waals surface area contributed by atoms with Crippen molar-refractivity contribution in [2.45, 2.75) is 77.5 Å². The third-order valence-electron chi connectivity index (χ3n) is 3.17. The number of carbonyl (C=O) groups excluding carboxylic acids is 1. The molecule has 2 atom stereocenters. The average molecular weight is 269 g/mol. The van der Waals surface area contributed by atoms with Crippen molar-refractivity contribution in [1.29, 1.82) is 0 Å². The molecule has 1 amide bonds. The van der Waals surface area contributed by atoms with Gasteiger partial charge in [-0.05, 0) is 52.0 Å². The zero-order valence-corrected chi connectivity index (χ0v) is 12.5. The molecule has 0 saturated heterocycles. The van der Waals surface area contributed by atoms with Crippen molar-refractivity contribution in [3.8, 4) is 0 Å². The number of unbranched alkanes of at least 4 members (excludes halogenated alkanes) is 1. The highest BCUT2D eigenvalue weighted by atomic mass is 16.6. The summed E-state index contributed by atoms with van der Waals surface area (Å²) in [5.41, 5.74) is 0.541. The molecule has 4 heteroatoms. The average Bonchev–Trinajstić information content (AvgIpc) is 2.28. The van der Waals surface area contributed by atoms with Crippen LogP contribution in [0.15, 0.2) is 11.6 Å². The van der Waals surface area contributed by atoms with Crippen LogP contribution < -0.4 is 5.32 Å². The molecule has 1 aliphatic carbocycles. The molecule has 0 aromatic heterocycles. The number of nitrogens with one attached hydrogen (secondary N) is 1. The van der Waals surface area contributed by atoms with Gasteiger partial charge in [0.05, 0.1) is 12.1 Å². The fourth-order valence-electron chi connectivity index (χ4n) is 2.23. The van der Waals surface area contributed by atoms with Gasteiger partial charge in [0.15, 0.2) is 0 Å². The van der Waals surface area contributed by atoms with Crippen molar-refractivity contribution >= 4 is 6.09 Å². The predicted octanol–water partition coefficient (Wildman–Crippen LogP) is 3.15. The first kappa shape index (κ1) is 16.0.